The number of carbonyl (C=O) groups is 1. The molecule has 7 nitrogen and oxygen atoms in total. The van der Waals surface area contributed by atoms with E-state index in [9.17, 15) is 13.2 Å². The van der Waals surface area contributed by atoms with Crippen molar-refractivity contribution in [2.24, 2.45) is 0 Å². The predicted molar refractivity (Wildman–Crippen MR) is 79.4 cm³/mol. The predicted octanol–water partition coefficient (Wildman–Crippen LogP) is 1.57. The standard InChI is InChI=1S/C13H12ClN3O4S/c1-8-3-4-9(7-15-8)22(19,20)17-13(18)10-5-6-11(21-2)12(14)16-10/h3-7H,1-2H3,(H,17,18). The maximum absolute atomic E-state index is 12.1. The van der Waals surface area contributed by atoms with Crippen molar-refractivity contribution in [2.45, 2.75) is 11.8 Å². The summed E-state index contributed by atoms with van der Waals surface area (Å²) >= 11 is 5.80. The van der Waals surface area contributed by atoms with Crippen LogP contribution in [-0.4, -0.2) is 31.4 Å². The van der Waals surface area contributed by atoms with Gasteiger partial charge in [0.1, 0.15) is 10.6 Å². The molecule has 0 unspecified atom stereocenters. The zero-order chi connectivity index (χ0) is 16.3. The van der Waals surface area contributed by atoms with Crippen LogP contribution in [0, 0.1) is 6.92 Å². The van der Waals surface area contributed by atoms with E-state index in [4.69, 9.17) is 16.3 Å². The fraction of sp³-hybridized carbons (Fsp3) is 0.154. The molecule has 116 valence electrons. The van der Waals surface area contributed by atoms with Gasteiger partial charge in [0.05, 0.1) is 7.11 Å². The molecule has 9 heteroatoms. The third-order valence-electron chi connectivity index (χ3n) is 2.69. The molecule has 2 aromatic rings. The zero-order valence-corrected chi connectivity index (χ0v) is 13.3. The van der Waals surface area contributed by atoms with Crippen LogP contribution in [0.2, 0.25) is 5.15 Å². The number of nitrogens with zero attached hydrogens (tertiary/aromatic N) is 2. The van der Waals surface area contributed by atoms with Crippen molar-refractivity contribution in [1.82, 2.24) is 14.7 Å². The topological polar surface area (TPSA) is 98.2 Å². The van der Waals surface area contributed by atoms with Gasteiger partial charge in [-0.05, 0) is 31.2 Å². The van der Waals surface area contributed by atoms with Crippen LogP contribution in [0.1, 0.15) is 16.2 Å². The van der Waals surface area contributed by atoms with Crippen LogP contribution in [0.15, 0.2) is 35.4 Å². The molecule has 2 rings (SSSR count). The highest BCUT2D eigenvalue weighted by atomic mass is 35.5. The summed E-state index contributed by atoms with van der Waals surface area (Å²) in [5, 5.41) is -0.0375. The number of aryl methyl sites for hydroxylation is 1. The maximum Gasteiger partial charge on any atom is 0.283 e. The second-order valence-corrected chi connectivity index (χ2v) is 6.30. The lowest BCUT2D eigenvalue weighted by Crippen LogP contribution is -2.31. The molecule has 0 bridgehead atoms. The summed E-state index contributed by atoms with van der Waals surface area (Å²) in [7, 11) is -2.63. The van der Waals surface area contributed by atoms with Crippen LogP contribution in [0.3, 0.4) is 0 Å². The summed E-state index contributed by atoms with van der Waals surface area (Å²) in [6, 6.07) is 5.61. The molecule has 2 aromatic heterocycles. The summed E-state index contributed by atoms with van der Waals surface area (Å²) in [5.41, 5.74) is 0.517. The Morgan fingerprint density at radius 3 is 2.55 bits per heavy atom. The average molecular weight is 342 g/mol. The average Bonchev–Trinajstić information content (AvgIpc) is 2.47. The fourth-order valence-electron chi connectivity index (χ4n) is 1.55. The van der Waals surface area contributed by atoms with Crippen molar-refractivity contribution in [2.75, 3.05) is 7.11 Å². The van der Waals surface area contributed by atoms with Gasteiger partial charge in [-0.1, -0.05) is 11.6 Å². The number of carbonyl (C=O) groups excluding carboxylic acids is 1. The van der Waals surface area contributed by atoms with Crippen LogP contribution in [0.5, 0.6) is 5.75 Å². The van der Waals surface area contributed by atoms with Crippen molar-refractivity contribution in [3.8, 4) is 5.75 Å². The largest absolute Gasteiger partial charge is 0.494 e. The zero-order valence-electron chi connectivity index (χ0n) is 11.7. The number of aromatic nitrogens is 2. The summed E-state index contributed by atoms with van der Waals surface area (Å²) in [6.07, 6.45) is 1.17. The third-order valence-corrected chi connectivity index (χ3v) is 4.28. The van der Waals surface area contributed by atoms with E-state index in [1.165, 1.54) is 37.6 Å². The van der Waals surface area contributed by atoms with Crippen LogP contribution in [0.4, 0.5) is 0 Å². The Morgan fingerprint density at radius 2 is 2.00 bits per heavy atom. The molecule has 0 aliphatic carbocycles. The van der Waals surface area contributed by atoms with E-state index >= 15 is 0 Å². The monoisotopic (exact) mass is 341 g/mol. The minimum atomic E-state index is -4.03. The highest BCUT2D eigenvalue weighted by Gasteiger charge is 2.20. The van der Waals surface area contributed by atoms with Crippen molar-refractivity contribution < 1.29 is 17.9 Å². The molecule has 1 amide bonds. The first-order valence-corrected chi connectivity index (χ1v) is 7.90. The molecular formula is C13H12ClN3O4S. The first kappa shape index (κ1) is 16.2. The van der Waals surface area contributed by atoms with Gasteiger partial charge >= 0.3 is 0 Å². The second-order valence-electron chi connectivity index (χ2n) is 4.26. The number of nitrogens with one attached hydrogen (secondary N) is 1. The Bertz CT molecular complexity index is 807. The summed E-state index contributed by atoms with van der Waals surface area (Å²) in [5.74, 6) is -0.617. The number of halogens is 1. The van der Waals surface area contributed by atoms with Gasteiger partial charge in [0.15, 0.2) is 10.9 Å². The maximum atomic E-state index is 12.1. The van der Waals surface area contributed by atoms with Crippen LogP contribution < -0.4 is 9.46 Å². The van der Waals surface area contributed by atoms with Crippen molar-refractivity contribution >= 4 is 27.5 Å². The fourth-order valence-corrected chi connectivity index (χ4v) is 2.68. The Balaban J connectivity index is 2.24. The molecule has 0 fully saturated rings. The Kier molecular flexibility index (Phi) is 4.62. The van der Waals surface area contributed by atoms with Crippen molar-refractivity contribution in [1.29, 1.82) is 0 Å². The molecule has 0 spiro atoms. The quantitative estimate of drug-likeness (QED) is 0.847. The number of pyridine rings is 2. The third kappa shape index (κ3) is 3.52. The highest BCUT2D eigenvalue weighted by molar-refractivity contribution is 7.90. The van der Waals surface area contributed by atoms with Gasteiger partial charge in [0, 0.05) is 11.9 Å². The number of ether oxygens (including phenoxy) is 1. The van der Waals surface area contributed by atoms with Crippen molar-refractivity contribution in [3.05, 3.63) is 47.0 Å². The lowest BCUT2D eigenvalue weighted by atomic mass is 10.3. The molecule has 0 aliphatic rings. The molecule has 0 aliphatic heterocycles. The summed E-state index contributed by atoms with van der Waals surface area (Å²) in [6.45, 7) is 1.72. The summed E-state index contributed by atoms with van der Waals surface area (Å²) in [4.78, 5) is 19.5. The van der Waals surface area contributed by atoms with Gasteiger partial charge < -0.3 is 4.74 Å². The lowest BCUT2D eigenvalue weighted by Gasteiger charge is -2.08. The molecule has 0 radical (unpaired) electrons. The molecule has 0 saturated heterocycles. The van der Waals surface area contributed by atoms with Crippen LogP contribution >= 0.6 is 11.6 Å². The number of amides is 1. The van der Waals surface area contributed by atoms with Crippen LogP contribution in [-0.2, 0) is 10.0 Å². The van der Waals surface area contributed by atoms with E-state index in [1.54, 1.807) is 6.92 Å². The van der Waals surface area contributed by atoms with Gasteiger partial charge in [0.25, 0.3) is 15.9 Å². The number of sulfonamides is 1. The molecule has 22 heavy (non-hydrogen) atoms. The molecule has 0 saturated carbocycles. The first-order chi connectivity index (χ1) is 10.3. The molecule has 2 heterocycles. The van der Waals surface area contributed by atoms with Crippen LogP contribution in [0.25, 0.3) is 0 Å². The lowest BCUT2D eigenvalue weighted by molar-refractivity contribution is 0.0976. The SMILES string of the molecule is COc1ccc(C(=O)NS(=O)(=O)c2ccc(C)nc2)nc1Cl. The minimum absolute atomic E-state index is 0.0375. The smallest absolute Gasteiger partial charge is 0.283 e. The Morgan fingerprint density at radius 1 is 1.27 bits per heavy atom. The van der Waals surface area contributed by atoms with Crippen molar-refractivity contribution in [3.63, 3.8) is 0 Å². The van der Waals surface area contributed by atoms with Gasteiger partial charge in [0.2, 0.25) is 0 Å². The number of hydrogen-bond acceptors (Lipinski definition) is 6. The van der Waals surface area contributed by atoms with E-state index in [-0.39, 0.29) is 21.5 Å². The normalized spacial score (nSPS) is 11.0. The number of methoxy groups -OCH3 is 1. The summed E-state index contributed by atoms with van der Waals surface area (Å²) < 4.78 is 31.0. The Hall–Kier alpha value is -2.19. The van der Waals surface area contributed by atoms with Gasteiger partial charge in [-0.15, -0.1) is 0 Å². The van der Waals surface area contributed by atoms with E-state index in [2.05, 4.69) is 9.97 Å². The second kappa shape index (κ2) is 6.29. The highest BCUT2D eigenvalue weighted by Crippen LogP contribution is 2.21. The van der Waals surface area contributed by atoms with Gasteiger partial charge in [-0.25, -0.2) is 18.1 Å². The molecule has 0 atom stereocenters. The van der Waals surface area contributed by atoms with E-state index in [1.807, 2.05) is 4.72 Å². The number of hydrogen-bond donors (Lipinski definition) is 1. The number of rotatable bonds is 4. The van der Waals surface area contributed by atoms with E-state index in [0.717, 1.165) is 0 Å². The molecule has 1 N–H and O–H groups in total. The van der Waals surface area contributed by atoms with E-state index in [0.29, 0.717) is 5.69 Å². The van der Waals surface area contributed by atoms with E-state index < -0.39 is 15.9 Å². The molecule has 0 aromatic carbocycles. The molecular weight excluding hydrogens is 330 g/mol. The Labute approximate surface area is 132 Å². The van der Waals surface area contributed by atoms with Gasteiger partial charge in [-0.3, -0.25) is 9.78 Å². The van der Waals surface area contributed by atoms with Gasteiger partial charge in [-0.2, -0.15) is 0 Å². The minimum Gasteiger partial charge on any atom is -0.494 e. The first-order valence-electron chi connectivity index (χ1n) is 6.04.